The normalized spacial score (nSPS) is 14.2. The van der Waals surface area contributed by atoms with Crippen molar-refractivity contribution in [3.05, 3.63) is 40.4 Å². The molecule has 1 N–H and O–H groups in total. The number of aromatic hydroxyl groups is 1. The van der Waals surface area contributed by atoms with Crippen molar-refractivity contribution in [1.82, 2.24) is 9.97 Å². The fourth-order valence-corrected chi connectivity index (χ4v) is 2.66. The second kappa shape index (κ2) is 4.78. The molecule has 1 aliphatic carbocycles. The molecule has 1 aromatic heterocycles. The largest absolute Gasteiger partial charge is 0.508 e. The van der Waals surface area contributed by atoms with Crippen LogP contribution >= 0.6 is 11.6 Å². The molecule has 0 spiro atoms. The van der Waals surface area contributed by atoms with Gasteiger partial charge >= 0.3 is 0 Å². The van der Waals surface area contributed by atoms with E-state index < -0.39 is 5.82 Å². The van der Waals surface area contributed by atoms with Crippen molar-refractivity contribution in [1.29, 1.82) is 0 Å². The standard InChI is InChI=1S/C14H12ClFN2O/c15-13-11-3-1-2-4-12(11)17-14(18-13)8-5-9(16)7-10(19)6-8/h5-7,19H,1-4H2. The van der Waals surface area contributed by atoms with Crippen molar-refractivity contribution >= 4 is 11.6 Å². The predicted molar refractivity (Wildman–Crippen MR) is 70.7 cm³/mol. The van der Waals surface area contributed by atoms with Crippen LogP contribution in [0.2, 0.25) is 5.15 Å². The number of halogens is 2. The summed E-state index contributed by atoms with van der Waals surface area (Å²) < 4.78 is 13.3. The van der Waals surface area contributed by atoms with E-state index in [1.54, 1.807) is 0 Å². The van der Waals surface area contributed by atoms with Crippen LogP contribution in [0.1, 0.15) is 24.1 Å². The summed E-state index contributed by atoms with van der Waals surface area (Å²) in [6, 6.07) is 3.77. The highest BCUT2D eigenvalue weighted by Crippen LogP contribution is 2.29. The Labute approximate surface area is 115 Å². The van der Waals surface area contributed by atoms with E-state index in [0.29, 0.717) is 16.5 Å². The molecule has 0 amide bonds. The maximum atomic E-state index is 13.3. The monoisotopic (exact) mass is 278 g/mol. The highest BCUT2D eigenvalue weighted by Gasteiger charge is 2.17. The number of rotatable bonds is 1. The molecule has 1 heterocycles. The molecule has 5 heteroatoms. The third-order valence-electron chi connectivity index (χ3n) is 3.27. The Hall–Kier alpha value is -1.68. The van der Waals surface area contributed by atoms with E-state index in [1.807, 2.05) is 0 Å². The lowest BCUT2D eigenvalue weighted by Crippen LogP contribution is -2.08. The molecule has 0 bridgehead atoms. The van der Waals surface area contributed by atoms with Crippen molar-refractivity contribution < 1.29 is 9.50 Å². The molecule has 0 saturated heterocycles. The zero-order chi connectivity index (χ0) is 13.4. The number of phenols is 1. The topological polar surface area (TPSA) is 46.0 Å². The number of benzene rings is 1. The van der Waals surface area contributed by atoms with E-state index in [1.165, 1.54) is 12.1 Å². The van der Waals surface area contributed by atoms with E-state index in [2.05, 4.69) is 9.97 Å². The quantitative estimate of drug-likeness (QED) is 0.812. The first-order chi connectivity index (χ1) is 9.13. The second-order valence-electron chi connectivity index (χ2n) is 4.67. The molecule has 0 aliphatic heterocycles. The number of hydrogen-bond acceptors (Lipinski definition) is 3. The molecule has 2 aromatic rings. The Morgan fingerprint density at radius 1 is 1.11 bits per heavy atom. The van der Waals surface area contributed by atoms with E-state index in [9.17, 15) is 9.50 Å². The zero-order valence-corrected chi connectivity index (χ0v) is 10.9. The van der Waals surface area contributed by atoms with Crippen LogP contribution < -0.4 is 0 Å². The van der Waals surface area contributed by atoms with Gasteiger partial charge in [-0.2, -0.15) is 0 Å². The number of hydrogen-bond donors (Lipinski definition) is 1. The third-order valence-corrected chi connectivity index (χ3v) is 3.59. The number of phenolic OH excluding ortho intramolecular Hbond substituents is 1. The third kappa shape index (κ3) is 2.40. The van der Waals surface area contributed by atoms with Gasteiger partial charge in [-0.25, -0.2) is 14.4 Å². The van der Waals surface area contributed by atoms with E-state index in [4.69, 9.17) is 11.6 Å². The van der Waals surface area contributed by atoms with Gasteiger partial charge in [0.15, 0.2) is 5.82 Å². The van der Waals surface area contributed by atoms with Crippen molar-refractivity contribution in [3.8, 4) is 17.1 Å². The average molecular weight is 279 g/mol. The molecule has 19 heavy (non-hydrogen) atoms. The fraction of sp³-hybridized carbons (Fsp3) is 0.286. The minimum atomic E-state index is -0.521. The smallest absolute Gasteiger partial charge is 0.161 e. The fourth-order valence-electron chi connectivity index (χ4n) is 2.38. The molecule has 3 rings (SSSR count). The van der Waals surface area contributed by atoms with Gasteiger partial charge in [-0.05, 0) is 37.8 Å². The van der Waals surface area contributed by atoms with Crippen LogP contribution in [-0.4, -0.2) is 15.1 Å². The van der Waals surface area contributed by atoms with Gasteiger partial charge in [0.2, 0.25) is 0 Å². The number of aromatic nitrogens is 2. The van der Waals surface area contributed by atoms with Crippen molar-refractivity contribution in [3.63, 3.8) is 0 Å². The lowest BCUT2D eigenvalue weighted by molar-refractivity contribution is 0.469. The molecule has 0 atom stereocenters. The van der Waals surface area contributed by atoms with Gasteiger partial charge in [0.25, 0.3) is 0 Å². The minimum Gasteiger partial charge on any atom is -0.508 e. The molecule has 3 nitrogen and oxygen atoms in total. The molecular formula is C14H12ClFN2O. The van der Waals surface area contributed by atoms with Crippen LogP contribution in [0.5, 0.6) is 5.75 Å². The molecule has 98 valence electrons. The van der Waals surface area contributed by atoms with E-state index >= 15 is 0 Å². The molecule has 0 unspecified atom stereocenters. The highest BCUT2D eigenvalue weighted by atomic mass is 35.5. The summed E-state index contributed by atoms with van der Waals surface area (Å²) in [6.45, 7) is 0. The summed E-state index contributed by atoms with van der Waals surface area (Å²) in [5.74, 6) is -0.305. The Kier molecular flexibility index (Phi) is 3.11. The maximum Gasteiger partial charge on any atom is 0.161 e. The van der Waals surface area contributed by atoms with Crippen LogP contribution in [-0.2, 0) is 12.8 Å². The number of fused-ring (bicyclic) bond motifs is 1. The van der Waals surface area contributed by atoms with Gasteiger partial charge in [-0.3, -0.25) is 0 Å². The molecular weight excluding hydrogens is 267 g/mol. The molecule has 1 aromatic carbocycles. The van der Waals surface area contributed by atoms with E-state index in [0.717, 1.165) is 43.0 Å². The van der Waals surface area contributed by atoms with E-state index in [-0.39, 0.29) is 5.75 Å². The summed E-state index contributed by atoms with van der Waals surface area (Å²) in [5.41, 5.74) is 2.37. The van der Waals surface area contributed by atoms with Crippen molar-refractivity contribution in [2.24, 2.45) is 0 Å². The van der Waals surface area contributed by atoms with Crippen LogP contribution in [0.25, 0.3) is 11.4 Å². The molecule has 0 saturated carbocycles. The molecule has 0 fully saturated rings. The maximum absolute atomic E-state index is 13.3. The lowest BCUT2D eigenvalue weighted by atomic mass is 9.97. The van der Waals surface area contributed by atoms with Crippen molar-refractivity contribution in [2.75, 3.05) is 0 Å². The van der Waals surface area contributed by atoms with Crippen LogP contribution in [0.15, 0.2) is 18.2 Å². The Balaban J connectivity index is 2.12. The van der Waals surface area contributed by atoms with Gasteiger partial charge < -0.3 is 5.11 Å². The summed E-state index contributed by atoms with van der Waals surface area (Å²) in [5, 5.41) is 9.87. The first-order valence-electron chi connectivity index (χ1n) is 6.19. The SMILES string of the molecule is Oc1cc(F)cc(-c2nc(Cl)c3c(n2)CCCC3)c1. The summed E-state index contributed by atoms with van der Waals surface area (Å²) in [6.07, 6.45) is 3.93. The summed E-state index contributed by atoms with van der Waals surface area (Å²) in [7, 11) is 0. The Morgan fingerprint density at radius 3 is 2.68 bits per heavy atom. The van der Waals surface area contributed by atoms with Gasteiger partial charge in [0.1, 0.15) is 16.7 Å². The van der Waals surface area contributed by atoms with Crippen LogP contribution in [0, 0.1) is 5.82 Å². The Bertz CT molecular complexity index is 625. The van der Waals surface area contributed by atoms with Gasteiger partial charge in [-0.15, -0.1) is 0 Å². The number of aryl methyl sites for hydroxylation is 1. The predicted octanol–water partition coefficient (Wildman–Crippen LogP) is 3.52. The summed E-state index contributed by atoms with van der Waals surface area (Å²) in [4.78, 5) is 8.67. The minimum absolute atomic E-state index is 0.146. The van der Waals surface area contributed by atoms with Gasteiger partial charge in [-0.1, -0.05) is 11.6 Å². The molecule has 0 radical (unpaired) electrons. The zero-order valence-electron chi connectivity index (χ0n) is 10.2. The van der Waals surface area contributed by atoms with Gasteiger partial charge in [0.05, 0.1) is 0 Å². The number of nitrogens with zero attached hydrogens (tertiary/aromatic N) is 2. The highest BCUT2D eigenvalue weighted by molar-refractivity contribution is 6.30. The average Bonchev–Trinajstić information content (AvgIpc) is 2.37. The van der Waals surface area contributed by atoms with Gasteiger partial charge in [0, 0.05) is 22.9 Å². The lowest BCUT2D eigenvalue weighted by Gasteiger charge is -2.16. The summed E-state index contributed by atoms with van der Waals surface area (Å²) >= 11 is 6.17. The Morgan fingerprint density at radius 2 is 1.89 bits per heavy atom. The molecule has 1 aliphatic rings. The second-order valence-corrected chi connectivity index (χ2v) is 5.03. The van der Waals surface area contributed by atoms with Crippen molar-refractivity contribution in [2.45, 2.75) is 25.7 Å². The first-order valence-corrected chi connectivity index (χ1v) is 6.56. The van der Waals surface area contributed by atoms with Crippen LogP contribution in [0.4, 0.5) is 4.39 Å². The van der Waals surface area contributed by atoms with Crippen LogP contribution in [0.3, 0.4) is 0 Å². The first kappa shape index (κ1) is 12.4.